The van der Waals surface area contributed by atoms with Gasteiger partial charge in [0.05, 0.1) is 12.2 Å². The van der Waals surface area contributed by atoms with Crippen LogP contribution in [0.25, 0.3) is 0 Å². The first-order valence-corrected chi connectivity index (χ1v) is 7.11. The molecule has 0 saturated heterocycles. The van der Waals surface area contributed by atoms with Crippen LogP contribution in [0.3, 0.4) is 0 Å². The first-order valence-electron chi connectivity index (χ1n) is 5.91. The molecule has 104 valence electrons. The van der Waals surface area contributed by atoms with Crippen LogP contribution in [-0.4, -0.2) is 43.0 Å². The van der Waals surface area contributed by atoms with Gasteiger partial charge in [-0.05, 0) is 41.1 Å². The Morgan fingerprint density at radius 3 is 2.47 bits per heavy atom. The molecule has 0 heterocycles. The second-order valence-electron chi connectivity index (χ2n) is 4.33. The van der Waals surface area contributed by atoms with E-state index < -0.39 is 0 Å². The van der Waals surface area contributed by atoms with Gasteiger partial charge in [0.15, 0.2) is 0 Å². The van der Waals surface area contributed by atoms with E-state index in [9.17, 15) is 4.79 Å². The monoisotopic (exact) mass is 343 g/mol. The normalized spacial score (nSPS) is 10.1. The average Bonchev–Trinajstić information content (AvgIpc) is 2.35. The minimum absolute atomic E-state index is 0.0622. The molecule has 1 amide bonds. The fraction of sp³-hybridized carbons (Fsp3) is 0.385. The summed E-state index contributed by atoms with van der Waals surface area (Å²) in [6.07, 6.45) is 0. The number of nitrogens with two attached hydrogens (primary N) is 1. The second kappa shape index (κ2) is 6.86. The maximum absolute atomic E-state index is 11.8. The lowest BCUT2D eigenvalue weighted by Gasteiger charge is -2.25. The van der Waals surface area contributed by atoms with E-state index in [4.69, 9.17) is 18.0 Å². The summed E-state index contributed by atoms with van der Waals surface area (Å²) < 4.78 is 0.881. The second-order valence-corrected chi connectivity index (χ2v) is 5.63. The van der Waals surface area contributed by atoms with Crippen LogP contribution in [0.1, 0.15) is 12.5 Å². The molecule has 0 fully saturated rings. The molecule has 0 aliphatic heterocycles. The number of likely N-dealkylation sites (N-methyl/N-ethyl adjacent to an activating group) is 2. The molecule has 19 heavy (non-hydrogen) atoms. The summed E-state index contributed by atoms with van der Waals surface area (Å²) in [6, 6.07) is 5.66. The summed E-state index contributed by atoms with van der Waals surface area (Å²) in [5, 5.41) is 0. The molecule has 0 aliphatic carbocycles. The molecule has 0 aromatic heterocycles. The van der Waals surface area contributed by atoms with Gasteiger partial charge in [0.2, 0.25) is 5.91 Å². The first kappa shape index (κ1) is 15.9. The van der Waals surface area contributed by atoms with Gasteiger partial charge in [0, 0.05) is 30.7 Å². The average molecular weight is 344 g/mol. The van der Waals surface area contributed by atoms with E-state index in [1.807, 2.05) is 30.0 Å². The molecule has 1 aromatic carbocycles. The zero-order valence-corrected chi connectivity index (χ0v) is 13.7. The summed E-state index contributed by atoms with van der Waals surface area (Å²) in [4.78, 5) is 15.7. The van der Waals surface area contributed by atoms with E-state index in [2.05, 4.69) is 15.9 Å². The van der Waals surface area contributed by atoms with Crippen LogP contribution >= 0.6 is 28.1 Å². The Bertz CT molecular complexity index is 491. The van der Waals surface area contributed by atoms with Gasteiger partial charge >= 0.3 is 0 Å². The van der Waals surface area contributed by atoms with Crippen molar-refractivity contribution in [1.29, 1.82) is 0 Å². The van der Waals surface area contributed by atoms with Crippen LogP contribution < -0.4 is 10.6 Å². The third kappa shape index (κ3) is 4.18. The maximum Gasteiger partial charge on any atom is 0.241 e. The molecule has 0 bridgehead atoms. The number of hydrogen-bond acceptors (Lipinski definition) is 3. The van der Waals surface area contributed by atoms with Crippen LogP contribution in [0.2, 0.25) is 0 Å². The SMILES string of the molecule is CCN(CC(=O)N(C)C)c1ccc(C(N)=S)cc1Br. The van der Waals surface area contributed by atoms with Crippen molar-refractivity contribution < 1.29 is 4.79 Å². The predicted octanol–water partition coefficient (Wildman–Crippen LogP) is 2.00. The number of carbonyl (C=O) groups is 1. The number of amides is 1. The van der Waals surface area contributed by atoms with E-state index in [1.54, 1.807) is 19.0 Å². The van der Waals surface area contributed by atoms with Gasteiger partial charge in [-0.3, -0.25) is 4.79 Å². The highest BCUT2D eigenvalue weighted by molar-refractivity contribution is 9.10. The summed E-state index contributed by atoms with van der Waals surface area (Å²) >= 11 is 8.45. The summed E-state index contributed by atoms with van der Waals surface area (Å²) in [5.41, 5.74) is 7.36. The lowest BCUT2D eigenvalue weighted by molar-refractivity contribution is -0.127. The van der Waals surface area contributed by atoms with Crippen molar-refractivity contribution >= 4 is 44.7 Å². The van der Waals surface area contributed by atoms with Gasteiger partial charge in [-0.2, -0.15) is 0 Å². The molecule has 0 spiro atoms. The number of nitrogens with zero attached hydrogens (tertiary/aromatic N) is 2. The standard InChI is InChI=1S/C13H18BrN3OS/c1-4-17(8-12(18)16(2)3)11-6-5-9(13(15)19)7-10(11)14/h5-7H,4,8H2,1-3H3,(H2,15,19). The quantitative estimate of drug-likeness (QED) is 0.830. The van der Waals surface area contributed by atoms with Gasteiger partial charge < -0.3 is 15.5 Å². The smallest absolute Gasteiger partial charge is 0.241 e. The number of benzene rings is 1. The molecule has 2 N–H and O–H groups in total. The fourth-order valence-corrected chi connectivity index (χ4v) is 2.35. The molecule has 0 unspecified atom stereocenters. The molecular formula is C13H18BrN3OS. The van der Waals surface area contributed by atoms with Crippen LogP contribution in [0.4, 0.5) is 5.69 Å². The number of rotatable bonds is 5. The Balaban J connectivity index is 2.99. The predicted molar refractivity (Wildman–Crippen MR) is 86.6 cm³/mol. The lowest BCUT2D eigenvalue weighted by Crippen LogP contribution is -2.36. The Kier molecular flexibility index (Phi) is 5.75. The number of halogens is 1. The van der Waals surface area contributed by atoms with Gasteiger partial charge in [0.1, 0.15) is 4.99 Å². The zero-order valence-electron chi connectivity index (χ0n) is 11.3. The number of hydrogen-bond donors (Lipinski definition) is 1. The van der Waals surface area contributed by atoms with Gasteiger partial charge in [-0.25, -0.2) is 0 Å². The van der Waals surface area contributed by atoms with Gasteiger partial charge in [0.25, 0.3) is 0 Å². The number of anilines is 1. The van der Waals surface area contributed by atoms with Crippen LogP contribution in [0.5, 0.6) is 0 Å². The topological polar surface area (TPSA) is 49.6 Å². The van der Waals surface area contributed by atoms with Crippen LogP contribution in [-0.2, 0) is 4.79 Å². The molecule has 0 aliphatic rings. The van der Waals surface area contributed by atoms with Crippen molar-refractivity contribution in [3.8, 4) is 0 Å². The molecule has 0 radical (unpaired) electrons. The van der Waals surface area contributed by atoms with E-state index in [1.165, 1.54) is 0 Å². The molecule has 0 atom stereocenters. The first-order chi connectivity index (χ1) is 8.86. The van der Waals surface area contributed by atoms with Crippen molar-refractivity contribution in [2.75, 3.05) is 32.1 Å². The highest BCUT2D eigenvalue weighted by Gasteiger charge is 2.14. The third-order valence-electron chi connectivity index (χ3n) is 2.78. The molecule has 4 nitrogen and oxygen atoms in total. The third-order valence-corrected chi connectivity index (χ3v) is 3.65. The van der Waals surface area contributed by atoms with E-state index in [0.717, 1.165) is 22.3 Å². The van der Waals surface area contributed by atoms with Gasteiger partial charge in [-0.15, -0.1) is 0 Å². The minimum Gasteiger partial charge on any atom is -0.389 e. The highest BCUT2D eigenvalue weighted by atomic mass is 79.9. The fourth-order valence-electron chi connectivity index (χ4n) is 1.59. The van der Waals surface area contributed by atoms with E-state index >= 15 is 0 Å². The summed E-state index contributed by atoms with van der Waals surface area (Å²) in [6.45, 7) is 3.09. The summed E-state index contributed by atoms with van der Waals surface area (Å²) in [5.74, 6) is 0.0622. The van der Waals surface area contributed by atoms with Crippen LogP contribution in [0.15, 0.2) is 22.7 Å². The molecule has 1 aromatic rings. The Morgan fingerprint density at radius 1 is 1.42 bits per heavy atom. The van der Waals surface area contributed by atoms with E-state index in [-0.39, 0.29) is 5.91 Å². The Hall–Kier alpha value is -1.14. The largest absolute Gasteiger partial charge is 0.389 e. The van der Waals surface area contributed by atoms with E-state index in [0.29, 0.717) is 11.5 Å². The zero-order chi connectivity index (χ0) is 14.6. The maximum atomic E-state index is 11.8. The highest BCUT2D eigenvalue weighted by Crippen LogP contribution is 2.27. The summed E-state index contributed by atoms with van der Waals surface area (Å²) in [7, 11) is 3.50. The minimum atomic E-state index is 0.0622. The molecule has 6 heteroatoms. The van der Waals surface area contributed by atoms with Crippen molar-refractivity contribution in [3.05, 3.63) is 28.2 Å². The van der Waals surface area contributed by atoms with Gasteiger partial charge in [-0.1, -0.05) is 12.2 Å². The van der Waals surface area contributed by atoms with Crippen molar-refractivity contribution in [1.82, 2.24) is 4.90 Å². The van der Waals surface area contributed by atoms with Crippen molar-refractivity contribution in [2.24, 2.45) is 5.73 Å². The molecule has 1 rings (SSSR count). The van der Waals surface area contributed by atoms with Crippen LogP contribution in [0, 0.1) is 0 Å². The number of carbonyl (C=O) groups excluding carboxylic acids is 1. The van der Waals surface area contributed by atoms with Crippen molar-refractivity contribution in [3.63, 3.8) is 0 Å². The lowest BCUT2D eigenvalue weighted by atomic mass is 10.2. The Morgan fingerprint density at radius 2 is 2.05 bits per heavy atom. The van der Waals surface area contributed by atoms with Crippen molar-refractivity contribution in [2.45, 2.75) is 6.92 Å². The Labute approximate surface area is 127 Å². The molecule has 0 saturated carbocycles. The number of thiocarbonyl (C=S) groups is 1. The molecular weight excluding hydrogens is 326 g/mol.